The van der Waals surface area contributed by atoms with Gasteiger partial charge in [0.1, 0.15) is 4.21 Å². The molecule has 0 radical (unpaired) electrons. The van der Waals surface area contributed by atoms with Gasteiger partial charge in [-0.2, -0.15) is 4.31 Å². The minimum atomic E-state index is -3.60. The molecule has 3 aromatic rings. The number of amides is 1. The van der Waals surface area contributed by atoms with Crippen molar-refractivity contribution < 1.29 is 17.9 Å². The molecule has 35 heavy (non-hydrogen) atoms. The van der Waals surface area contributed by atoms with E-state index in [1.54, 1.807) is 28.4 Å². The molecular weight excluding hydrogens is 526 g/mol. The molecule has 2 fully saturated rings. The van der Waals surface area contributed by atoms with Gasteiger partial charge in [0.25, 0.3) is 10.0 Å². The first-order valence-electron chi connectivity index (χ1n) is 11.8. The number of nitrogens with zero attached hydrogens (tertiary/aromatic N) is 3. The van der Waals surface area contributed by atoms with Crippen LogP contribution in [0, 0.1) is 19.8 Å². The Morgan fingerprint density at radius 1 is 1.14 bits per heavy atom. The van der Waals surface area contributed by atoms with E-state index in [4.69, 9.17) is 21.3 Å². The van der Waals surface area contributed by atoms with Crippen LogP contribution in [0.4, 0.5) is 5.13 Å². The van der Waals surface area contributed by atoms with Gasteiger partial charge >= 0.3 is 0 Å². The topological polar surface area (TPSA) is 79.8 Å². The maximum atomic E-state index is 13.8. The predicted octanol–water partition coefficient (Wildman–Crippen LogP) is 5.24. The van der Waals surface area contributed by atoms with E-state index in [9.17, 15) is 13.2 Å². The summed E-state index contributed by atoms with van der Waals surface area (Å²) in [5, 5.41) is 0.696. The lowest BCUT2D eigenvalue weighted by molar-refractivity contribution is -0.123. The predicted molar refractivity (Wildman–Crippen MR) is 141 cm³/mol. The molecule has 5 rings (SSSR count). The fourth-order valence-electron chi connectivity index (χ4n) is 4.74. The van der Waals surface area contributed by atoms with Crippen molar-refractivity contribution in [3.63, 3.8) is 0 Å². The second kappa shape index (κ2) is 10.1. The Labute approximate surface area is 218 Å². The van der Waals surface area contributed by atoms with Gasteiger partial charge in [-0.3, -0.25) is 9.69 Å². The second-order valence-corrected chi connectivity index (χ2v) is 14.1. The van der Waals surface area contributed by atoms with Crippen LogP contribution < -0.4 is 4.90 Å². The average molecular weight is 554 g/mol. The normalized spacial score (nSPS) is 20.0. The summed E-state index contributed by atoms with van der Waals surface area (Å²) >= 11 is 8.56. The number of hydrogen-bond acceptors (Lipinski definition) is 7. The Balaban J connectivity index is 1.37. The largest absolute Gasteiger partial charge is 0.376 e. The first kappa shape index (κ1) is 25.1. The number of rotatable bonds is 6. The molecule has 0 bridgehead atoms. The van der Waals surface area contributed by atoms with Crippen molar-refractivity contribution in [2.75, 3.05) is 31.1 Å². The summed E-state index contributed by atoms with van der Waals surface area (Å²) in [7, 11) is -3.60. The smallest absolute Gasteiger partial charge is 0.252 e. The third-order valence-corrected chi connectivity index (χ3v) is 11.6. The van der Waals surface area contributed by atoms with Crippen molar-refractivity contribution in [2.45, 2.75) is 49.8 Å². The maximum absolute atomic E-state index is 13.8. The third-order valence-electron chi connectivity index (χ3n) is 6.78. The average Bonchev–Trinajstić information content (AvgIpc) is 3.61. The van der Waals surface area contributed by atoms with E-state index in [0.717, 1.165) is 45.5 Å². The molecule has 4 heterocycles. The number of sulfonamides is 1. The molecule has 1 unspecified atom stereocenters. The SMILES string of the molecule is Cc1ccc(C)c2sc(N(CC3CCCO3)C(=O)C3CCN(S(=O)(=O)c4ccc(Cl)s4)CC3)nc12. The van der Waals surface area contributed by atoms with Gasteiger partial charge in [-0.15, -0.1) is 11.3 Å². The van der Waals surface area contributed by atoms with Crippen LogP contribution in [0.2, 0.25) is 4.34 Å². The molecule has 188 valence electrons. The molecule has 7 nitrogen and oxygen atoms in total. The van der Waals surface area contributed by atoms with Gasteiger partial charge in [0, 0.05) is 25.6 Å². The first-order valence-corrected chi connectivity index (χ1v) is 15.2. The van der Waals surface area contributed by atoms with E-state index in [0.29, 0.717) is 48.6 Å². The zero-order valence-corrected chi connectivity index (χ0v) is 22.9. The number of anilines is 1. The van der Waals surface area contributed by atoms with Crippen molar-refractivity contribution in [1.82, 2.24) is 9.29 Å². The quantitative estimate of drug-likeness (QED) is 0.417. The number of carbonyl (C=O) groups excluding carboxylic acids is 1. The summed E-state index contributed by atoms with van der Waals surface area (Å²) in [6.45, 7) is 5.90. The van der Waals surface area contributed by atoms with Crippen LogP contribution in [-0.2, 0) is 19.6 Å². The number of fused-ring (bicyclic) bond motifs is 1. The van der Waals surface area contributed by atoms with Gasteiger partial charge < -0.3 is 4.74 Å². The highest BCUT2D eigenvalue weighted by Crippen LogP contribution is 2.36. The number of halogens is 1. The lowest BCUT2D eigenvalue weighted by Crippen LogP contribution is -2.46. The number of benzene rings is 1. The summed E-state index contributed by atoms with van der Waals surface area (Å²) in [5.41, 5.74) is 3.17. The van der Waals surface area contributed by atoms with Crippen molar-refractivity contribution in [3.8, 4) is 0 Å². The molecule has 2 aliphatic heterocycles. The summed E-state index contributed by atoms with van der Waals surface area (Å²) in [6.07, 6.45) is 2.86. The van der Waals surface area contributed by atoms with Gasteiger partial charge in [0.2, 0.25) is 5.91 Å². The number of thiophene rings is 1. The molecule has 0 N–H and O–H groups in total. The van der Waals surface area contributed by atoms with E-state index in [-0.39, 0.29) is 22.1 Å². The Bertz CT molecular complexity index is 1300. The molecule has 0 spiro atoms. The van der Waals surface area contributed by atoms with Crippen LogP contribution in [-0.4, -0.2) is 56.0 Å². The highest BCUT2D eigenvalue weighted by molar-refractivity contribution is 7.91. The number of piperidine rings is 1. The van der Waals surface area contributed by atoms with Crippen LogP contribution in [0.5, 0.6) is 0 Å². The molecule has 2 aliphatic rings. The number of thiazole rings is 1. The van der Waals surface area contributed by atoms with Crippen LogP contribution in [0.1, 0.15) is 36.8 Å². The number of hydrogen-bond donors (Lipinski definition) is 0. The van der Waals surface area contributed by atoms with E-state index >= 15 is 0 Å². The van der Waals surface area contributed by atoms with Crippen LogP contribution in [0.3, 0.4) is 0 Å². The van der Waals surface area contributed by atoms with Crippen molar-refractivity contribution >= 4 is 65.6 Å². The molecule has 1 amide bonds. The fraction of sp³-hybridized carbons (Fsp3) is 0.500. The second-order valence-electron chi connectivity index (χ2n) is 9.19. The summed E-state index contributed by atoms with van der Waals surface area (Å²) in [5.74, 6) is -0.255. The summed E-state index contributed by atoms with van der Waals surface area (Å²) in [6, 6.07) is 7.28. The monoisotopic (exact) mass is 553 g/mol. The van der Waals surface area contributed by atoms with Gasteiger partial charge in [0.05, 0.1) is 27.2 Å². The molecule has 1 atom stereocenters. The Morgan fingerprint density at radius 2 is 1.89 bits per heavy atom. The molecule has 0 aliphatic carbocycles. The maximum Gasteiger partial charge on any atom is 0.252 e. The minimum Gasteiger partial charge on any atom is -0.376 e. The van der Waals surface area contributed by atoms with Gasteiger partial charge in [-0.25, -0.2) is 13.4 Å². The van der Waals surface area contributed by atoms with Crippen molar-refractivity contribution in [1.29, 1.82) is 0 Å². The van der Waals surface area contributed by atoms with Crippen LogP contribution >= 0.6 is 34.3 Å². The van der Waals surface area contributed by atoms with Gasteiger partial charge in [-0.05, 0) is 62.8 Å². The van der Waals surface area contributed by atoms with E-state index in [1.165, 1.54) is 4.31 Å². The number of aryl methyl sites for hydroxylation is 2. The fourth-order valence-corrected chi connectivity index (χ4v) is 8.98. The molecule has 11 heteroatoms. The van der Waals surface area contributed by atoms with Crippen molar-refractivity contribution in [3.05, 3.63) is 39.7 Å². The van der Waals surface area contributed by atoms with E-state index in [1.807, 2.05) is 6.92 Å². The number of aromatic nitrogens is 1. The van der Waals surface area contributed by atoms with Crippen LogP contribution in [0.15, 0.2) is 28.5 Å². The Morgan fingerprint density at radius 3 is 2.51 bits per heavy atom. The molecule has 2 aromatic heterocycles. The van der Waals surface area contributed by atoms with Gasteiger partial charge in [0.15, 0.2) is 5.13 Å². The first-order chi connectivity index (χ1) is 16.7. The summed E-state index contributed by atoms with van der Waals surface area (Å²) < 4.78 is 35.1. The lowest BCUT2D eigenvalue weighted by Gasteiger charge is -2.33. The van der Waals surface area contributed by atoms with Gasteiger partial charge in [-0.1, -0.05) is 35.1 Å². The summed E-state index contributed by atoms with van der Waals surface area (Å²) in [4.78, 5) is 20.5. The van der Waals surface area contributed by atoms with Crippen LogP contribution in [0.25, 0.3) is 10.2 Å². The lowest BCUT2D eigenvalue weighted by atomic mass is 9.96. The highest BCUT2D eigenvalue weighted by atomic mass is 35.5. The zero-order chi connectivity index (χ0) is 24.7. The minimum absolute atomic E-state index is 0.00259. The Hall–Kier alpha value is -1.56. The van der Waals surface area contributed by atoms with Crippen molar-refractivity contribution in [2.24, 2.45) is 5.92 Å². The Kier molecular flexibility index (Phi) is 7.22. The number of ether oxygens (including phenoxy) is 1. The highest BCUT2D eigenvalue weighted by Gasteiger charge is 2.36. The van der Waals surface area contributed by atoms with E-state index < -0.39 is 10.0 Å². The number of carbonyl (C=O) groups is 1. The molecular formula is C24H28ClN3O4S3. The zero-order valence-electron chi connectivity index (χ0n) is 19.7. The molecule has 1 aromatic carbocycles. The molecule has 2 saturated heterocycles. The van der Waals surface area contributed by atoms with E-state index in [2.05, 4.69) is 19.1 Å². The molecule has 0 saturated carbocycles. The third kappa shape index (κ3) is 5.01. The standard InChI is InChI=1S/C24H28ClN3O4S3/c1-15-5-6-16(2)22-21(15)26-24(34-22)28(14-18-4-3-13-32-18)23(29)17-9-11-27(12-10-17)35(30,31)20-8-7-19(25)33-20/h5-8,17-18H,3-4,9-14H2,1-2H3.